The van der Waals surface area contributed by atoms with E-state index < -0.39 is 10.0 Å². The smallest absolute Gasteiger partial charge is 0.263 e. The maximum Gasteiger partial charge on any atom is 0.263 e. The molecule has 0 spiro atoms. The van der Waals surface area contributed by atoms with Gasteiger partial charge >= 0.3 is 0 Å². The Bertz CT molecular complexity index is 1300. The molecule has 0 aliphatic heterocycles. The van der Waals surface area contributed by atoms with Gasteiger partial charge in [-0.3, -0.25) is 4.72 Å². The average Bonchev–Trinajstić information content (AvgIpc) is 2.62. The number of aryl methyl sites for hydroxylation is 1. The van der Waals surface area contributed by atoms with E-state index in [-0.39, 0.29) is 9.92 Å². The largest absolute Gasteiger partial charge is 0.280 e. The van der Waals surface area contributed by atoms with E-state index in [1.165, 1.54) is 12.1 Å². The van der Waals surface area contributed by atoms with E-state index in [1.807, 2.05) is 36.4 Å². The third-order valence-electron chi connectivity index (χ3n) is 4.46. The molecule has 27 heavy (non-hydrogen) atoms. The van der Waals surface area contributed by atoms with Gasteiger partial charge in [0.15, 0.2) is 0 Å². The highest BCUT2D eigenvalue weighted by Crippen LogP contribution is 2.31. The summed E-state index contributed by atoms with van der Waals surface area (Å²) in [5.74, 6) is 0. The molecule has 4 aromatic carbocycles. The average molecular weight is 416 g/mol. The Morgan fingerprint density at radius 1 is 0.741 bits per heavy atom. The van der Waals surface area contributed by atoms with Crippen LogP contribution < -0.4 is 4.72 Å². The minimum atomic E-state index is -3.83. The van der Waals surface area contributed by atoms with Gasteiger partial charge in [0.1, 0.15) is 4.90 Å². The van der Waals surface area contributed by atoms with Crippen molar-refractivity contribution in [3.05, 3.63) is 82.3 Å². The zero-order valence-corrected chi connectivity index (χ0v) is 16.7. The van der Waals surface area contributed by atoms with Gasteiger partial charge < -0.3 is 0 Å². The van der Waals surface area contributed by atoms with E-state index in [9.17, 15) is 8.42 Å². The third kappa shape index (κ3) is 3.48. The van der Waals surface area contributed by atoms with Gasteiger partial charge in [0, 0.05) is 10.7 Å². The second-order valence-corrected chi connectivity index (χ2v) is 8.86. The highest BCUT2D eigenvalue weighted by molar-refractivity contribution is 7.92. The molecule has 4 aromatic rings. The van der Waals surface area contributed by atoms with E-state index in [1.54, 1.807) is 13.0 Å². The van der Waals surface area contributed by atoms with Gasteiger partial charge in [-0.1, -0.05) is 53.5 Å². The number of hydrogen-bond donors (Lipinski definition) is 1. The molecule has 0 aromatic heterocycles. The third-order valence-corrected chi connectivity index (χ3v) is 6.71. The van der Waals surface area contributed by atoms with Crippen molar-refractivity contribution in [3.63, 3.8) is 0 Å². The molecule has 0 atom stereocenters. The highest BCUT2D eigenvalue weighted by atomic mass is 35.5. The van der Waals surface area contributed by atoms with Crippen LogP contribution in [-0.2, 0) is 10.0 Å². The predicted octanol–water partition coefficient (Wildman–Crippen LogP) is 6.41. The van der Waals surface area contributed by atoms with Gasteiger partial charge in [-0.05, 0) is 70.4 Å². The number of rotatable bonds is 3. The molecule has 3 nitrogen and oxygen atoms in total. The molecule has 0 saturated heterocycles. The number of halogens is 2. The standard InChI is InChI=1S/C21H15Cl2NO2S/c1-13-8-21(20(23)12-19(13)22)27(25,26)24-18-7-6-16-9-14-4-2-3-5-15(14)10-17(16)11-18/h2-12,24H,1H3. The van der Waals surface area contributed by atoms with Crippen LogP contribution in [0.5, 0.6) is 0 Å². The Labute approximate surface area is 167 Å². The molecular formula is C21H15Cl2NO2S. The van der Waals surface area contributed by atoms with Crippen LogP contribution in [0.15, 0.2) is 71.6 Å². The van der Waals surface area contributed by atoms with Gasteiger partial charge in [0.05, 0.1) is 5.02 Å². The van der Waals surface area contributed by atoms with Crippen LogP contribution in [0.4, 0.5) is 5.69 Å². The monoisotopic (exact) mass is 415 g/mol. The zero-order chi connectivity index (χ0) is 19.2. The van der Waals surface area contributed by atoms with E-state index in [0.717, 1.165) is 21.5 Å². The van der Waals surface area contributed by atoms with Crippen LogP contribution >= 0.6 is 23.2 Å². The lowest BCUT2D eigenvalue weighted by Crippen LogP contribution is -2.13. The summed E-state index contributed by atoms with van der Waals surface area (Å²) in [5, 5.41) is 4.74. The number of hydrogen-bond acceptors (Lipinski definition) is 2. The summed E-state index contributed by atoms with van der Waals surface area (Å²) in [5.41, 5.74) is 1.12. The van der Waals surface area contributed by atoms with Crippen molar-refractivity contribution in [2.45, 2.75) is 11.8 Å². The maximum atomic E-state index is 12.8. The van der Waals surface area contributed by atoms with Gasteiger partial charge in [0.25, 0.3) is 10.0 Å². The summed E-state index contributed by atoms with van der Waals surface area (Å²) in [6.07, 6.45) is 0. The number of benzene rings is 4. The summed E-state index contributed by atoms with van der Waals surface area (Å²) in [6, 6.07) is 20.6. The molecule has 0 amide bonds. The normalized spacial score (nSPS) is 11.8. The minimum absolute atomic E-state index is 0.00433. The second kappa shape index (κ2) is 6.71. The lowest BCUT2D eigenvalue weighted by molar-refractivity contribution is 0.601. The van der Waals surface area contributed by atoms with E-state index in [2.05, 4.69) is 16.9 Å². The van der Waals surface area contributed by atoms with Crippen LogP contribution in [0.1, 0.15) is 5.56 Å². The Kier molecular flexibility index (Phi) is 4.50. The topological polar surface area (TPSA) is 46.2 Å². The number of anilines is 1. The molecule has 0 radical (unpaired) electrons. The molecule has 0 aliphatic rings. The lowest BCUT2D eigenvalue weighted by Gasteiger charge is -2.12. The Balaban J connectivity index is 1.76. The van der Waals surface area contributed by atoms with E-state index in [0.29, 0.717) is 16.3 Å². The predicted molar refractivity (Wildman–Crippen MR) is 113 cm³/mol. The van der Waals surface area contributed by atoms with E-state index >= 15 is 0 Å². The lowest BCUT2D eigenvalue weighted by atomic mass is 10.0. The fourth-order valence-corrected chi connectivity index (χ4v) is 4.93. The van der Waals surface area contributed by atoms with Crippen LogP contribution in [-0.4, -0.2) is 8.42 Å². The Morgan fingerprint density at radius 3 is 2.07 bits per heavy atom. The first-order valence-electron chi connectivity index (χ1n) is 8.24. The molecule has 136 valence electrons. The Morgan fingerprint density at radius 2 is 1.37 bits per heavy atom. The molecule has 0 aliphatic carbocycles. The summed E-state index contributed by atoms with van der Waals surface area (Å²) < 4.78 is 28.2. The SMILES string of the molecule is Cc1cc(S(=O)(=O)Nc2ccc3cc4ccccc4cc3c2)c(Cl)cc1Cl. The summed E-state index contributed by atoms with van der Waals surface area (Å²) in [4.78, 5) is 0.00433. The van der Waals surface area contributed by atoms with Crippen LogP contribution in [0, 0.1) is 6.92 Å². The van der Waals surface area contributed by atoms with Crippen molar-refractivity contribution in [1.82, 2.24) is 0 Å². The van der Waals surface area contributed by atoms with Crippen molar-refractivity contribution in [2.24, 2.45) is 0 Å². The van der Waals surface area contributed by atoms with Crippen molar-refractivity contribution in [3.8, 4) is 0 Å². The van der Waals surface area contributed by atoms with Crippen LogP contribution in [0.3, 0.4) is 0 Å². The summed E-state index contributed by atoms with van der Waals surface area (Å²) in [7, 11) is -3.83. The van der Waals surface area contributed by atoms with Crippen molar-refractivity contribution in [1.29, 1.82) is 0 Å². The first-order chi connectivity index (χ1) is 12.8. The van der Waals surface area contributed by atoms with Crippen molar-refractivity contribution in [2.75, 3.05) is 4.72 Å². The number of fused-ring (bicyclic) bond motifs is 2. The summed E-state index contributed by atoms with van der Waals surface area (Å²) >= 11 is 12.1. The van der Waals surface area contributed by atoms with Crippen LogP contribution in [0.25, 0.3) is 21.5 Å². The van der Waals surface area contributed by atoms with E-state index in [4.69, 9.17) is 23.2 Å². The molecule has 1 N–H and O–H groups in total. The zero-order valence-electron chi connectivity index (χ0n) is 14.3. The highest BCUT2D eigenvalue weighted by Gasteiger charge is 2.19. The number of nitrogens with one attached hydrogen (secondary N) is 1. The first-order valence-corrected chi connectivity index (χ1v) is 10.5. The van der Waals surface area contributed by atoms with Crippen molar-refractivity contribution >= 4 is 60.5 Å². The van der Waals surface area contributed by atoms with Gasteiger partial charge in [0.2, 0.25) is 0 Å². The van der Waals surface area contributed by atoms with Crippen LogP contribution in [0.2, 0.25) is 10.0 Å². The fraction of sp³-hybridized carbons (Fsp3) is 0.0476. The Hall–Kier alpha value is -2.27. The minimum Gasteiger partial charge on any atom is -0.280 e. The molecule has 0 bridgehead atoms. The van der Waals surface area contributed by atoms with Gasteiger partial charge in [-0.15, -0.1) is 0 Å². The fourth-order valence-electron chi connectivity index (χ4n) is 3.05. The molecule has 0 heterocycles. The molecule has 0 saturated carbocycles. The molecule has 6 heteroatoms. The molecule has 4 rings (SSSR count). The van der Waals surface area contributed by atoms with Crippen molar-refractivity contribution < 1.29 is 8.42 Å². The summed E-state index contributed by atoms with van der Waals surface area (Å²) in [6.45, 7) is 1.73. The second-order valence-electron chi connectivity index (χ2n) is 6.40. The molecule has 0 unspecified atom stereocenters. The number of sulfonamides is 1. The molecular weight excluding hydrogens is 401 g/mol. The molecule has 0 fully saturated rings. The maximum absolute atomic E-state index is 12.8. The quantitative estimate of drug-likeness (QED) is 0.393. The van der Waals surface area contributed by atoms with Gasteiger partial charge in [-0.2, -0.15) is 0 Å². The van der Waals surface area contributed by atoms with Gasteiger partial charge in [-0.25, -0.2) is 8.42 Å². The first kappa shape index (κ1) is 18.1.